The van der Waals surface area contributed by atoms with E-state index < -0.39 is 0 Å². The van der Waals surface area contributed by atoms with E-state index in [4.69, 9.17) is 4.99 Å². The largest absolute Gasteiger partial charge is 0.357 e. The van der Waals surface area contributed by atoms with Crippen LogP contribution in [0.15, 0.2) is 35.3 Å². The number of benzene rings is 1. The van der Waals surface area contributed by atoms with E-state index in [1.807, 2.05) is 0 Å². The van der Waals surface area contributed by atoms with Gasteiger partial charge < -0.3 is 15.5 Å². The van der Waals surface area contributed by atoms with Crippen molar-refractivity contribution in [2.75, 3.05) is 66.0 Å². The number of nitrogens with zero attached hydrogens (tertiary/aromatic N) is 4. The Morgan fingerprint density at radius 1 is 0.966 bits per heavy atom. The number of likely N-dealkylation sites (tertiary alicyclic amines) is 1. The SMILES string of the molecule is CCNC(=NCC(C)N1CCN(C)CC1)NCC(c1ccccc1)N1CCCC1. The average molecular weight is 401 g/mol. The van der Waals surface area contributed by atoms with Crippen LogP contribution < -0.4 is 10.6 Å². The third-order valence-corrected chi connectivity index (χ3v) is 6.25. The zero-order valence-electron chi connectivity index (χ0n) is 18.6. The lowest BCUT2D eigenvalue weighted by molar-refractivity contribution is 0.122. The van der Waals surface area contributed by atoms with Gasteiger partial charge in [0.15, 0.2) is 5.96 Å². The Labute approximate surface area is 177 Å². The highest BCUT2D eigenvalue weighted by Gasteiger charge is 2.24. The van der Waals surface area contributed by atoms with Crippen LogP contribution in [-0.2, 0) is 0 Å². The average Bonchev–Trinajstić information content (AvgIpc) is 3.27. The minimum Gasteiger partial charge on any atom is -0.357 e. The molecule has 1 aromatic carbocycles. The first-order valence-corrected chi connectivity index (χ1v) is 11.4. The molecule has 2 atom stereocenters. The fourth-order valence-corrected chi connectivity index (χ4v) is 4.32. The molecule has 1 aromatic rings. The lowest BCUT2D eigenvalue weighted by Gasteiger charge is -2.36. The molecular formula is C23H40N6. The summed E-state index contributed by atoms with van der Waals surface area (Å²) in [5, 5.41) is 7.07. The standard InChI is InChI=1S/C23H40N6/c1-4-24-23(25-18-20(2)28-16-14-27(3)15-17-28)26-19-22(29-12-8-9-13-29)21-10-6-5-7-11-21/h5-7,10-11,20,22H,4,8-9,12-19H2,1-3H3,(H2,24,25,26). The molecular weight excluding hydrogens is 360 g/mol. The molecule has 162 valence electrons. The Morgan fingerprint density at radius 3 is 2.31 bits per heavy atom. The summed E-state index contributed by atoms with van der Waals surface area (Å²) in [6.07, 6.45) is 2.61. The lowest BCUT2D eigenvalue weighted by Crippen LogP contribution is -2.49. The van der Waals surface area contributed by atoms with E-state index >= 15 is 0 Å². The van der Waals surface area contributed by atoms with Gasteiger partial charge in [0.05, 0.1) is 12.6 Å². The molecule has 29 heavy (non-hydrogen) atoms. The molecule has 6 nitrogen and oxygen atoms in total. The lowest BCUT2D eigenvalue weighted by atomic mass is 10.1. The zero-order valence-corrected chi connectivity index (χ0v) is 18.6. The molecule has 0 bridgehead atoms. The van der Waals surface area contributed by atoms with Crippen LogP contribution >= 0.6 is 0 Å². The third kappa shape index (κ3) is 6.69. The first-order chi connectivity index (χ1) is 14.2. The fraction of sp³-hybridized carbons (Fsp3) is 0.696. The molecule has 0 spiro atoms. The molecule has 2 saturated heterocycles. The van der Waals surface area contributed by atoms with Crippen LogP contribution in [-0.4, -0.2) is 92.7 Å². The van der Waals surface area contributed by atoms with Gasteiger partial charge in [0.1, 0.15) is 0 Å². The Balaban J connectivity index is 1.58. The summed E-state index contributed by atoms with van der Waals surface area (Å²) >= 11 is 0. The highest BCUT2D eigenvalue weighted by atomic mass is 15.3. The van der Waals surface area contributed by atoms with Gasteiger partial charge in [0, 0.05) is 45.3 Å². The Morgan fingerprint density at radius 2 is 1.66 bits per heavy atom. The maximum Gasteiger partial charge on any atom is 0.191 e. The molecule has 0 saturated carbocycles. The Kier molecular flexibility index (Phi) is 8.77. The van der Waals surface area contributed by atoms with Crippen LogP contribution in [0.4, 0.5) is 0 Å². The highest BCUT2D eigenvalue weighted by molar-refractivity contribution is 5.79. The number of hydrogen-bond acceptors (Lipinski definition) is 4. The van der Waals surface area contributed by atoms with Crippen molar-refractivity contribution >= 4 is 5.96 Å². The number of nitrogens with one attached hydrogen (secondary N) is 2. The smallest absolute Gasteiger partial charge is 0.191 e. The number of likely N-dealkylation sites (N-methyl/N-ethyl adjacent to an activating group) is 1. The number of hydrogen-bond donors (Lipinski definition) is 2. The van der Waals surface area contributed by atoms with E-state index in [0.717, 1.165) is 51.8 Å². The van der Waals surface area contributed by atoms with Crippen LogP contribution in [0.5, 0.6) is 0 Å². The van der Waals surface area contributed by atoms with Crippen molar-refractivity contribution in [2.24, 2.45) is 4.99 Å². The Hall–Kier alpha value is -1.63. The van der Waals surface area contributed by atoms with Crippen LogP contribution in [0.1, 0.15) is 38.3 Å². The third-order valence-electron chi connectivity index (χ3n) is 6.25. The van der Waals surface area contributed by atoms with Gasteiger partial charge in [-0.3, -0.25) is 14.8 Å². The molecule has 0 aliphatic carbocycles. The molecule has 2 heterocycles. The van der Waals surface area contributed by atoms with Crippen LogP contribution in [0.3, 0.4) is 0 Å². The number of aliphatic imine (C=N–C) groups is 1. The molecule has 2 fully saturated rings. The van der Waals surface area contributed by atoms with Crippen molar-refractivity contribution in [3.05, 3.63) is 35.9 Å². The minimum absolute atomic E-state index is 0.401. The second-order valence-electron chi connectivity index (χ2n) is 8.46. The van der Waals surface area contributed by atoms with E-state index in [0.29, 0.717) is 12.1 Å². The van der Waals surface area contributed by atoms with Crippen molar-refractivity contribution in [3.8, 4) is 0 Å². The summed E-state index contributed by atoms with van der Waals surface area (Å²) in [5.74, 6) is 0.939. The van der Waals surface area contributed by atoms with E-state index in [9.17, 15) is 0 Å². The zero-order chi connectivity index (χ0) is 20.5. The van der Waals surface area contributed by atoms with Gasteiger partial charge in [-0.05, 0) is 52.4 Å². The van der Waals surface area contributed by atoms with Crippen molar-refractivity contribution < 1.29 is 0 Å². The van der Waals surface area contributed by atoms with Gasteiger partial charge in [0.2, 0.25) is 0 Å². The molecule has 2 unspecified atom stereocenters. The van der Waals surface area contributed by atoms with Gasteiger partial charge in [-0.2, -0.15) is 0 Å². The Bertz CT molecular complexity index is 605. The van der Waals surface area contributed by atoms with Crippen molar-refractivity contribution in [1.82, 2.24) is 25.3 Å². The topological polar surface area (TPSA) is 46.1 Å². The van der Waals surface area contributed by atoms with Crippen molar-refractivity contribution in [1.29, 1.82) is 0 Å². The normalized spacial score (nSPS) is 21.8. The molecule has 0 amide bonds. The highest BCUT2D eigenvalue weighted by Crippen LogP contribution is 2.24. The van der Waals surface area contributed by atoms with Gasteiger partial charge in [-0.1, -0.05) is 30.3 Å². The van der Waals surface area contributed by atoms with E-state index in [-0.39, 0.29) is 0 Å². The van der Waals surface area contributed by atoms with Crippen LogP contribution in [0.25, 0.3) is 0 Å². The summed E-state index contributed by atoms with van der Waals surface area (Å²) in [4.78, 5) is 12.5. The minimum atomic E-state index is 0.401. The summed E-state index contributed by atoms with van der Waals surface area (Å²) in [7, 11) is 2.21. The molecule has 3 rings (SSSR count). The quantitative estimate of drug-likeness (QED) is 0.516. The molecule has 2 N–H and O–H groups in total. The van der Waals surface area contributed by atoms with Crippen molar-refractivity contribution in [3.63, 3.8) is 0 Å². The number of rotatable bonds is 8. The van der Waals surface area contributed by atoms with Crippen molar-refractivity contribution in [2.45, 2.75) is 38.8 Å². The van der Waals surface area contributed by atoms with Crippen LogP contribution in [0, 0.1) is 0 Å². The first kappa shape index (κ1) is 22.1. The predicted octanol–water partition coefficient (Wildman–Crippen LogP) is 2.01. The van der Waals surface area contributed by atoms with Gasteiger partial charge >= 0.3 is 0 Å². The van der Waals surface area contributed by atoms with E-state index in [2.05, 4.69) is 76.6 Å². The second-order valence-corrected chi connectivity index (χ2v) is 8.46. The second kappa shape index (κ2) is 11.5. The van der Waals surface area contributed by atoms with Gasteiger partial charge in [0.25, 0.3) is 0 Å². The van der Waals surface area contributed by atoms with Gasteiger partial charge in [-0.15, -0.1) is 0 Å². The van der Waals surface area contributed by atoms with Gasteiger partial charge in [-0.25, -0.2) is 0 Å². The van der Waals surface area contributed by atoms with Crippen LogP contribution in [0.2, 0.25) is 0 Å². The maximum atomic E-state index is 4.92. The molecule has 6 heteroatoms. The summed E-state index contributed by atoms with van der Waals surface area (Å²) < 4.78 is 0. The molecule has 0 radical (unpaired) electrons. The molecule has 2 aliphatic rings. The summed E-state index contributed by atoms with van der Waals surface area (Å²) in [6, 6.07) is 11.8. The first-order valence-electron chi connectivity index (χ1n) is 11.4. The monoisotopic (exact) mass is 400 g/mol. The summed E-state index contributed by atoms with van der Waals surface area (Å²) in [6.45, 7) is 14.0. The maximum absolute atomic E-state index is 4.92. The number of piperazine rings is 1. The molecule has 0 aromatic heterocycles. The fourth-order valence-electron chi connectivity index (χ4n) is 4.32. The number of guanidine groups is 1. The molecule has 2 aliphatic heterocycles. The van der Waals surface area contributed by atoms with E-state index in [1.165, 1.54) is 31.5 Å². The van der Waals surface area contributed by atoms with E-state index in [1.54, 1.807) is 0 Å². The summed E-state index contributed by atoms with van der Waals surface area (Å²) in [5.41, 5.74) is 1.39. The predicted molar refractivity (Wildman–Crippen MR) is 123 cm³/mol.